The summed E-state index contributed by atoms with van der Waals surface area (Å²) in [5, 5.41) is 0. The van der Waals surface area contributed by atoms with E-state index in [1.54, 1.807) is 0 Å². The molecule has 0 radical (unpaired) electrons. The van der Waals surface area contributed by atoms with Gasteiger partial charge in [-0.25, -0.2) is 0 Å². The summed E-state index contributed by atoms with van der Waals surface area (Å²) in [6, 6.07) is 6.06. The number of carbonyl (C=O) groups excluding carboxylic acids is 1. The Kier molecular flexibility index (Phi) is 6.80. The van der Waals surface area contributed by atoms with Crippen LogP contribution in [-0.2, 0) is 11.3 Å². The van der Waals surface area contributed by atoms with E-state index in [9.17, 15) is 4.79 Å². The molecule has 2 heterocycles. The number of hydrogen-bond donors (Lipinski definition) is 0. The summed E-state index contributed by atoms with van der Waals surface area (Å²) in [7, 11) is 0. The highest BCUT2D eigenvalue weighted by Gasteiger charge is 2.19. The first-order chi connectivity index (χ1) is 10.7. The van der Waals surface area contributed by atoms with Crippen LogP contribution in [0.4, 0.5) is 0 Å². The second-order valence-corrected chi connectivity index (χ2v) is 5.79. The molecule has 2 rings (SSSR count). The summed E-state index contributed by atoms with van der Waals surface area (Å²) in [4.78, 5) is 23.3. The third-order valence-electron chi connectivity index (χ3n) is 4.27. The van der Waals surface area contributed by atoms with Crippen LogP contribution in [0.25, 0.3) is 0 Å². The molecule has 1 fully saturated rings. The zero-order valence-corrected chi connectivity index (χ0v) is 13.9. The van der Waals surface area contributed by atoms with Gasteiger partial charge in [0.1, 0.15) is 0 Å². The summed E-state index contributed by atoms with van der Waals surface area (Å²) in [6.07, 6.45) is 2.96. The molecule has 0 N–H and O–H groups in total. The fourth-order valence-electron chi connectivity index (χ4n) is 2.93. The second kappa shape index (κ2) is 8.86. The van der Waals surface area contributed by atoms with E-state index in [0.717, 1.165) is 57.9 Å². The highest BCUT2D eigenvalue weighted by atomic mass is 16.2. The topological polar surface area (TPSA) is 39.7 Å². The molecule has 1 saturated heterocycles. The molecule has 1 aliphatic rings. The van der Waals surface area contributed by atoms with E-state index in [4.69, 9.17) is 0 Å². The molecular weight excluding hydrogens is 276 g/mol. The molecule has 0 atom stereocenters. The van der Waals surface area contributed by atoms with Crippen LogP contribution in [0.15, 0.2) is 24.4 Å². The minimum atomic E-state index is 0.253. The minimum Gasteiger partial charge on any atom is -0.342 e. The lowest BCUT2D eigenvalue weighted by Gasteiger charge is -2.25. The predicted octanol–water partition coefficient (Wildman–Crippen LogP) is 1.46. The highest BCUT2D eigenvalue weighted by molar-refractivity contribution is 5.78. The molecule has 22 heavy (non-hydrogen) atoms. The Morgan fingerprint density at radius 2 is 1.86 bits per heavy atom. The van der Waals surface area contributed by atoms with Gasteiger partial charge in [-0.2, -0.15) is 0 Å². The molecule has 1 aliphatic heterocycles. The zero-order valence-electron chi connectivity index (χ0n) is 13.9. The number of carbonyl (C=O) groups is 1. The molecule has 0 saturated carbocycles. The van der Waals surface area contributed by atoms with Gasteiger partial charge < -0.3 is 4.90 Å². The van der Waals surface area contributed by atoms with E-state index in [2.05, 4.69) is 20.9 Å². The fraction of sp³-hybridized carbons (Fsp3) is 0.647. The highest BCUT2D eigenvalue weighted by Crippen LogP contribution is 2.07. The second-order valence-electron chi connectivity index (χ2n) is 5.79. The molecule has 0 bridgehead atoms. The van der Waals surface area contributed by atoms with Gasteiger partial charge in [-0.15, -0.1) is 0 Å². The maximum Gasteiger partial charge on any atom is 0.236 e. The van der Waals surface area contributed by atoms with Crippen molar-refractivity contribution < 1.29 is 4.79 Å². The van der Waals surface area contributed by atoms with Crippen LogP contribution in [0.1, 0.15) is 26.0 Å². The smallest absolute Gasteiger partial charge is 0.236 e. The Morgan fingerprint density at radius 3 is 2.55 bits per heavy atom. The van der Waals surface area contributed by atoms with Gasteiger partial charge in [0.05, 0.1) is 12.2 Å². The normalized spacial score (nSPS) is 17.2. The van der Waals surface area contributed by atoms with Crippen molar-refractivity contribution in [3.05, 3.63) is 30.1 Å². The lowest BCUT2D eigenvalue weighted by Crippen LogP contribution is -2.41. The fourth-order valence-corrected chi connectivity index (χ4v) is 2.93. The molecule has 0 unspecified atom stereocenters. The third-order valence-corrected chi connectivity index (χ3v) is 4.27. The number of aromatic nitrogens is 1. The van der Waals surface area contributed by atoms with Gasteiger partial charge in [0.25, 0.3) is 0 Å². The third kappa shape index (κ3) is 5.07. The Labute approximate surface area is 133 Å². The van der Waals surface area contributed by atoms with Crippen molar-refractivity contribution in [2.24, 2.45) is 0 Å². The molecule has 5 nitrogen and oxygen atoms in total. The van der Waals surface area contributed by atoms with Crippen LogP contribution >= 0.6 is 0 Å². The van der Waals surface area contributed by atoms with E-state index >= 15 is 0 Å². The Morgan fingerprint density at radius 1 is 1.14 bits per heavy atom. The van der Waals surface area contributed by atoms with Crippen molar-refractivity contribution in [3.63, 3.8) is 0 Å². The quantitative estimate of drug-likeness (QED) is 0.798. The lowest BCUT2D eigenvalue weighted by atomic mass is 10.3. The van der Waals surface area contributed by atoms with Gasteiger partial charge in [-0.05, 0) is 45.5 Å². The van der Waals surface area contributed by atoms with Crippen LogP contribution in [-0.4, -0.2) is 71.4 Å². The largest absolute Gasteiger partial charge is 0.342 e. The van der Waals surface area contributed by atoms with Crippen LogP contribution in [0.5, 0.6) is 0 Å². The van der Waals surface area contributed by atoms with Gasteiger partial charge in [0.2, 0.25) is 5.91 Å². The summed E-state index contributed by atoms with van der Waals surface area (Å²) in [5.74, 6) is 0.253. The first kappa shape index (κ1) is 16.9. The Hall–Kier alpha value is -1.46. The van der Waals surface area contributed by atoms with Crippen LogP contribution in [0.3, 0.4) is 0 Å². The number of amides is 1. The minimum absolute atomic E-state index is 0.253. The zero-order chi connectivity index (χ0) is 15.8. The molecular formula is C17H28N4O. The number of rotatable bonds is 6. The van der Waals surface area contributed by atoms with Crippen LogP contribution in [0.2, 0.25) is 0 Å². The van der Waals surface area contributed by atoms with Crippen molar-refractivity contribution in [1.29, 1.82) is 0 Å². The standard InChI is InChI=1S/C17H28N4O/c1-3-21(4-2)17(22)15-20-11-7-10-19(12-13-20)14-16-8-5-6-9-18-16/h5-6,8-9H,3-4,7,10-15H2,1-2H3. The SMILES string of the molecule is CCN(CC)C(=O)CN1CCCN(Cc2ccccn2)CC1. The van der Waals surface area contributed by atoms with Crippen molar-refractivity contribution in [3.8, 4) is 0 Å². The number of nitrogens with zero attached hydrogens (tertiary/aromatic N) is 4. The van der Waals surface area contributed by atoms with Crippen molar-refractivity contribution >= 4 is 5.91 Å². The number of hydrogen-bond acceptors (Lipinski definition) is 4. The van der Waals surface area contributed by atoms with Crippen LogP contribution < -0.4 is 0 Å². The van der Waals surface area contributed by atoms with E-state index in [1.165, 1.54) is 0 Å². The molecule has 1 amide bonds. The predicted molar refractivity (Wildman–Crippen MR) is 88.5 cm³/mol. The molecule has 1 aromatic heterocycles. The molecule has 5 heteroatoms. The molecule has 0 aromatic carbocycles. The summed E-state index contributed by atoms with van der Waals surface area (Å²) < 4.78 is 0. The average molecular weight is 304 g/mol. The number of likely N-dealkylation sites (N-methyl/N-ethyl adjacent to an activating group) is 1. The summed E-state index contributed by atoms with van der Waals surface area (Å²) in [6.45, 7) is 11.2. The van der Waals surface area contributed by atoms with E-state index in [0.29, 0.717) is 6.54 Å². The molecule has 122 valence electrons. The first-order valence-corrected chi connectivity index (χ1v) is 8.35. The van der Waals surface area contributed by atoms with Gasteiger partial charge >= 0.3 is 0 Å². The van der Waals surface area contributed by atoms with Crippen LogP contribution in [0, 0.1) is 0 Å². The Balaban J connectivity index is 1.81. The van der Waals surface area contributed by atoms with Crippen molar-refractivity contribution in [2.75, 3.05) is 45.8 Å². The Bertz CT molecular complexity index is 447. The van der Waals surface area contributed by atoms with Gasteiger partial charge in [0.15, 0.2) is 0 Å². The van der Waals surface area contributed by atoms with Crippen molar-refractivity contribution in [2.45, 2.75) is 26.8 Å². The van der Waals surface area contributed by atoms with E-state index < -0.39 is 0 Å². The number of pyridine rings is 1. The first-order valence-electron chi connectivity index (χ1n) is 8.35. The summed E-state index contributed by atoms with van der Waals surface area (Å²) in [5.41, 5.74) is 1.12. The monoisotopic (exact) mass is 304 g/mol. The van der Waals surface area contributed by atoms with Gasteiger partial charge in [0, 0.05) is 38.9 Å². The van der Waals surface area contributed by atoms with E-state index in [1.807, 2.05) is 37.1 Å². The maximum absolute atomic E-state index is 12.2. The van der Waals surface area contributed by atoms with Gasteiger partial charge in [-0.1, -0.05) is 6.07 Å². The van der Waals surface area contributed by atoms with Crippen molar-refractivity contribution in [1.82, 2.24) is 19.7 Å². The molecule has 0 spiro atoms. The molecule has 0 aliphatic carbocycles. The lowest BCUT2D eigenvalue weighted by molar-refractivity contribution is -0.132. The maximum atomic E-state index is 12.2. The average Bonchev–Trinajstić information content (AvgIpc) is 2.75. The molecule has 1 aromatic rings. The summed E-state index contributed by atoms with van der Waals surface area (Å²) >= 11 is 0. The van der Waals surface area contributed by atoms with Gasteiger partial charge in [-0.3, -0.25) is 19.6 Å². The van der Waals surface area contributed by atoms with E-state index in [-0.39, 0.29) is 5.91 Å².